The Morgan fingerprint density at radius 1 is 1.50 bits per heavy atom. The van der Waals surface area contributed by atoms with Gasteiger partial charge in [0.15, 0.2) is 0 Å². The molecule has 2 rings (SSSR count). The first-order valence-corrected chi connectivity index (χ1v) is 6.50. The van der Waals surface area contributed by atoms with Crippen molar-refractivity contribution in [2.75, 3.05) is 32.7 Å². The van der Waals surface area contributed by atoms with E-state index in [1.54, 1.807) is 11.3 Å². The molecule has 88 valence electrons. The Morgan fingerprint density at radius 2 is 2.31 bits per heavy atom. The summed E-state index contributed by atoms with van der Waals surface area (Å²) in [5.41, 5.74) is 1.18. The summed E-state index contributed by atoms with van der Waals surface area (Å²) in [6, 6.07) is 2.04. The molecule has 2 heterocycles. The normalized spacial score (nSPS) is 17.2. The van der Waals surface area contributed by atoms with Gasteiger partial charge in [-0.15, -0.1) is 0 Å². The molecule has 2 N–H and O–H groups in total. The summed E-state index contributed by atoms with van der Waals surface area (Å²) in [6.45, 7) is 5.06. The molecular weight excluding hydrogens is 222 g/mol. The van der Waals surface area contributed by atoms with Crippen molar-refractivity contribution >= 4 is 17.2 Å². The minimum atomic E-state index is 0.119. The third-order valence-electron chi connectivity index (χ3n) is 2.65. The number of nitrogens with one attached hydrogen (secondary N) is 2. The van der Waals surface area contributed by atoms with Crippen molar-refractivity contribution in [3.05, 3.63) is 22.4 Å². The predicted molar refractivity (Wildman–Crippen MR) is 65.5 cm³/mol. The Morgan fingerprint density at radius 3 is 3.00 bits per heavy atom. The zero-order chi connectivity index (χ0) is 11.2. The molecule has 1 fully saturated rings. The Kier molecular flexibility index (Phi) is 4.33. The molecule has 1 aromatic heterocycles. The van der Waals surface area contributed by atoms with Crippen LogP contribution in [-0.2, 0) is 11.3 Å². The molecule has 0 aromatic carbocycles. The average molecular weight is 239 g/mol. The van der Waals surface area contributed by atoms with Crippen LogP contribution in [-0.4, -0.2) is 43.5 Å². The van der Waals surface area contributed by atoms with Crippen molar-refractivity contribution < 1.29 is 4.79 Å². The number of hydrogen-bond acceptors (Lipinski definition) is 4. The largest absolute Gasteiger partial charge is 0.351 e. The Bertz CT molecular complexity index is 320. The highest BCUT2D eigenvalue weighted by molar-refractivity contribution is 7.07. The van der Waals surface area contributed by atoms with Crippen LogP contribution in [0.1, 0.15) is 5.56 Å². The van der Waals surface area contributed by atoms with Crippen molar-refractivity contribution in [3.63, 3.8) is 0 Å². The van der Waals surface area contributed by atoms with Crippen LogP contribution in [0.3, 0.4) is 0 Å². The van der Waals surface area contributed by atoms with Crippen LogP contribution in [0.4, 0.5) is 0 Å². The second-order valence-corrected chi connectivity index (χ2v) is 4.71. The van der Waals surface area contributed by atoms with E-state index in [-0.39, 0.29) is 5.91 Å². The molecular formula is C11H17N3OS. The van der Waals surface area contributed by atoms with Gasteiger partial charge in [-0.1, -0.05) is 0 Å². The quantitative estimate of drug-likeness (QED) is 0.793. The van der Waals surface area contributed by atoms with Crippen LogP contribution in [0.25, 0.3) is 0 Å². The van der Waals surface area contributed by atoms with Gasteiger partial charge in [-0.05, 0) is 22.4 Å². The van der Waals surface area contributed by atoms with Gasteiger partial charge < -0.3 is 10.6 Å². The van der Waals surface area contributed by atoms with Gasteiger partial charge in [0.25, 0.3) is 0 Å². The highest BCUT2D eigenvalue weighted by atomic mass is 32.1. The SMILES string of the molecule is O=C(CN1CCNCC1)NCc1ccsc1. The van der Waals surface area contributed by atoms with Gasteiger partial charge in [0.2, 0.25) is 5.91 Å². The summed E-state index contributed by atoms with van der Waals surface area (Å²) in [4.78, 5) is 13.8. The Hall–Kier alpha value is -0.910. The molecule has 0 aliphatic carbocycles. The number of carbonyl (C=O) groups excluding carboxylic acids is 1. The molecule has 0 radical (unpaired) electrons. The fourth-order valence-electron chi connectivity index (χ4n) is 1.72. The molecule has 0 spiro atoms. The lowest BCUT2D eigenvalue weighted by molar-refractivity contribution is -0.122. The number of piperazine rings is 1. The zero-order valence-corrected chi connectivity index (χ0v) is 10.1. The molecule has 0 unspecified atom stereocenters. The van der Waals surface area contributed by atoms with Gasteiger partial charge in [-0.25, -0.2) is 0 Å². The van der Waals surface area contributed by atoms with Crippen LogP contribution in [0, 0.1) is 0 Å². The summed E-state index contributed by atoms with van der Waals surface area (Å²) in [5.74, 6) is 0.119. The third-order valence-corrected chi connectivity index (χ3v) is 3.38. The van der Waals surface area contributed by atoms with Crippen molar-refractivity contribution in [2.24, 2.45) is 0 Å². The van der Waals surface area contributed by atoms with Crippen LogP contribution >= 0.6 is 11.3 Å². The maximum Gasteiger partial charge on any atom is 0.234 e. The van der Waals surface area contributed by atoms with E-state index >= 15 is 0 Å². The number of hydrogen-bond donors (Lipinski definition) is 2. The van der Waals surface area contributed by atoms with Gasteiger partial charge in [-0.2, -0.15) is 11.3 Å². The smallest absolute Gasteiger partial charge is 0.234 e. The maximum atomic E-state index is 11.6. The maximum absolute atomic E-state index is 11.6. The summed E-state index contributed by atoms with van der Waals surface area (Å²) < 4.78 is 0. The molecule has 16 heavy (non-hydrogen) atoms. The number of thiophene rings is 1. The highest BCUT2D eigenvalue weighted by Crippen LogP contribution is 2.04. The van der Waals surface area contributed by atoms with Gasteiger partial charge in [0.05, 0.1) is 6.54 Å². The van der Waals surface area contributed by atoms with Gasteiger partial charge in [0, 0.05) is 32.7 Å². The van der Waals surface area contributed by atoms with Crippen LogP contribution in [0.2, 0.25) is 0 Å². The Balaban J connectivity index is 1.67. The van der Waals surface area contributed by atoms with E-state index in [9.17, 15) is 4.79 Å². The topological polar surface area (TPSA) is 44.4 Å². The third kappa shape index (κ3) is 3.59. The van der Waals surface area contributed by atoms with Gasteiger partial charge >= 0.3 is 0 Å². The second-order valence-electron chi connectivity index (χ2n) is 3.93. The number of rotatable bonds is 4. The van der Waals surface area contributed by atoms with Crippen molar-refractivity contribution in [3.8, 4) is 0 Å². The first-order valence-electron chi connectivity index (χ1n) is 5.55. The van der Waals surface area contributed by atoms with Crippen molar-refractivity contribution in [1.29, 1.82) is 0 Å². The Labute approximate surface area is 99.6 Å². The van der Waals surface area contributed by atoms with E-state index in [0.717, 1.165) is 26.2 Å². The molecule has 1 saturated heterocycles. The minimum absolute atomic E-state index is 0.119. The summed E-state index contributed by atoms with van der Waals surface area (Å²) in [5, 5.41) is 10.3. The minimum Gasteiger partial charge on any atom is -0.351 e. The van der Waals surface area contributed by atoms with Gasteiger partial charge in [-0.3, -0.25) is 9.69 Å². The average Bonchev–Trinajstić information content (AvgIpc) is 2.81. The fraction of sp³-hybridized carbons (Fsp3) is 0.545. The highest BCUT2D eigenvalue weighted by Gasteiger charge is 2.12. The molecule has 0 atom stereocenters. The van der Waals surface area contributed by atoms with Gasteiger partial charge in [0.1, 0.15) is 0 Å². The molecule has 1 aliphatic heterocycles. The van der Waals surface area contributed by atoms with Crippen molar-refractivity contribution in [1.82, 2.24) is 15.5 Å². The van der Waals surface area contributed by atoms with Crippen LogP contribution < -0.4 is 10.6 Å². The first kappa shape index (κ1) is 11.6. The lowest BCUT2D eigenvalue weighted by Crippen LogP contribution is -2.47. The number of amides is 1. The molecule has 1 aliphatic rings. The van der Waals surface area contributed by atoms with Crippen molar-refractivity contribution in [2.45, 2.75) is 6.54 Å². The second kappa shape index (κ2) is 5.98. The molecule has 0 saturated carbocycles. The summed E-state index contributed by atoms with van der Waals surface area (Å²) in [6.07, 6.45) is 0. The first-order chi connectivity index (χ1) is 7.84. The summed E-state index contributed by atoms with van der Waals surface area (Å²) in [7, 11) is 0. The lowest BCUT2D eigenvalue weighted by Gasteiger charge is -2.26. The zero-order valence-electron chi connectivity index (χ0n) is 9.24. The number of carbonyl (C=O) groups is 1. The standard InChI is InChI=1S/C11H17N3OS/c15-11(8-14-4-2-12-3-5-14)13-7-10-1-6-16-9-10/h1,6,9,12H,2-5,7-8H2,(H,13,15). The van der Waals surface area contributed by atoms with Crippen LogP contribution in [0.15, 0.2) is 16.8 Å². The van der Waals surface area contributed by atoms with E-state index in [4.69, 9.17) is 0 Å². The van der Waals surface area contributed by atoms with E-state index in [0.29, 0.717) is 13.1 Å². The molecule has 0 bridgehead atoms. The van der Waals surface area contributed by atoms with Crippen LogP contribution in [0.5, 0.6) is 0 Å². The fourth-order valence-corrected chi connectivity index (χ4v) is 2.39. The predicted octanol–water partition coefficient (Wildman–Crippen LogP) is 0.270. The monoisotopic (exact) mass is 239 g/mol. The molecule has 4 nitrogen and oxygen atoms in total. The molecule has 5 heteroatoms. The van der Waals surface area contributed by atoms with E-state index in [1.165, 1.54) is 5.56 Å². The number of nitrogens with zero attached hydrogens (tertiary/aromatic N) is 1. The lowest BCUT2D eigenvalue weighted by atomic mass is 10.3. The van der Waals surface area contributed by atoms with E-state index in [1.807, 2.05) is 11.4 Å². The summed E-state index contributed by atoms with van der Waals surface area (Å²) >= 11 is 1.66. The molecule has 1 aromatic rings. The van der Waals surface area contributed by atoms with E-state index in [2.05, 4.69) is 20.9 Å². The van der Waals surface area contributed by atoms with E-state index < -0.39 is 0 Å². The molecule has 1 amide bonds.